The molecule has 1 fully saturated rings. The van der Waals surface area contributed by atoms with Crippen molar-refractivity contribution in [3.63, 3.8) is 0 Å². The van der Waals surface area contributed by atoms with Crippen molar-refractivity contribution in [1.82, 2.24) is 15.4 Å². The third kappa shape index (κ3) is 5.86. The fourth-order valence-electron chi connectivity index (χ4n) is 2.61. The Bertz CT molecular complexity index is 642. The maximum absolute atomic E-state index is 12.2. The van der Waals surface area contributed by atoms with Crippen LogP contribution in [0.4, 0.5) is 0 Å². The molecule has 3 N–H and O–H groups in total. The van der Waals surface area contributed by atoms with Gasteiger partial charge in [-0.1, -0.05) is 12.1 Å². The SMILES string of the molecule is COCCNS(=O)(=O)c1cccc(CNC(=O)CC2CCCN2)c1. The van der Waals surface area contributed by atoms with E-state index >= 15 is 0 Å². The van der Waals surface area contributed by atoms with Crippen molar-refractivity contribution in [3.05, 3.63) is 29.8 Å². The van der Waals surface area contributed by atoms with Gasteiger partial charge in [-0.25, -0.2) is 13.1 Å². The first kappa shape index (κ1) is 18.9. The van der Waals surface area contributed by atoms with Crippen molar-refractivity contribution in [2.75, 3.05) is 26.8 Å². The van der Waals surface area contributed by atoms with E-state index in [1.165, 1.54) is 13.2 Å². The molecule has 7 nitrogen and oxygen atoms in total. The molecule has 0 aromatic heterocycles. The van der Waals surface area contributed by atoms with Gasteiger partial charge in [-0.15, -0.1) is 0 Å². The molecule has 0 saturated carbocycles. The Balaban J connectivity index is 1.88. The highest BCUT2D eigenvalue weighted by atomic mass is 32.2. The Morgan fingerprint density at radius 1 is 1.42 bits per heavy atom. The molecule has 134 valence electrons. The van der Waals surface area contributed by atoms with Gasteiger partial charge in [0.2, 0.25) is 15.9 Å². The first-order chi connectivity index (χ1) is 11.5. The molecule has 1 atom stereocenters. The number of amides is 1. The Morgan fingerprint density at radius 2 is 2.25 bits per heavy atom. The van der Waals surface area contributed by atoms with Gasteiger partial charge in [-0.3, -0.25) is 4.79 Å². The number of nitrogens with one attached hydrogen (secondary N) is 3. The molecule has 1 aliphatic rings. The number of methoxy groups -OCH3 is 1. The summed E-state index contributed by atoms with van der Waals surface area (Å²) < 4.78 is 31.6. The van der Waals surface area contributed by atoms with E-state index in [1.54, 1.807) is 18.2 Å². The van der Waals surface area contributed by atoms with Crippen molar-refractivity contribution in [3.8, 4) is 0 Å². The third-order valence-corrected chi connectivity index (χ3v) is 5.35. The molecule has 1 amide bonds. The van der Waals surface area contributed by atoms with Gasteiger partial charge >= 0.3 is 0 Å². The smallest absolute Gasteiger partial charge is 0.240 e. The predicted octanol–water partition coefficient (Wildman–Crippen LogP) is 0.370. The Morgan fingerprint density at radius 3 is 2.96 bits per heavy atom. The monoisotopic (exact) mass is 355 g/mol. The molecule has 2 rings (SSSR count). The lowest BCUT2D eigenvalue weighted by Gasteiger charge is -2.11. The summed E-state index contributed by atoms with van der Waals surface area (Å²) in [6, 6.07) is 6.82. The van der Waals surface area contributed by atoms with Gasteiger partial charge in [0.1, 0.15) is 0 Å². The number of ether oxygens (including phenoxy) is 1. The van der Waals surface area contributed by atoms with Crippen molar-refractivity contribution >= 4 is 15.9 Å². The number of rotatable bonds is 9. The van der Waals surface area contributed by atoms with Crippen LogP contribution in [0.2, 0.25) is 0 Å². The van der Waals surface area contributed by atoms with Crippen LogP contribution in [0.3, 0.4) is 0 Å². The molecule has 0 aliphatic carbocycles. The Kier molecular flexibility index (Phi) is 7.16. The van der Waals surface area contributed by atoms with Crippen LogP contribution >= 0.6 is 0 Å². The van der Waals surface area contributed by atoms with Crippen LogP contribution in [0.15, 0.2) is 29.2 Å². The van der Waals surface area contributed by atoms with E-state index in [1.807, 2.05) is 0 Å². The van der Waals surface area contributed by atoms with E-state index in [-0.39, 0.29) is 23.4 Å². The topological polar surface area (TPSA) is 96.5 Å². The molecule has 0 spiro atoms. The van der Waals surface area contributed by atoms with Crippen LogP contribution in [0.5, 0.6) is 0 Å². The van der Waals surface area contributed by atoms with Gasteiger partial charge in [-0.2, -0.15) is 0 Å². The quantitative estimate of drug-likeness (QED) is 0.556. The van der Waals surface area contributed by atoms with Crippen LogP contribution in [0.1, 0.15) is 24.8 Å². The second-order valence-corrected chi connectivity index (χ2v) is 7.58. The van der Waals surface area contributed by atoms with Crippen LogP contribution in [0.25, 0.3) is 0 Å². The molecule has 1 saturated heterocycles. The molecule has 1 aromatic rings. The number of hydrogen-bond acceptors (Lipinski definition) is 5. The molecule has 1 aliphatic heterocycles. The maximum Gasteiger partial charge on any atom is 0.240 e. The Labute approximate surface area is 143 Å². The van der Waals surface area contributed by atoms with E-state index in [0.717, 1.165) is 24.9 Å². The molecule has 8 heteroatoms. The van der Waals surface area contributed by atoms with E-state index in [9.17, 15) is 13.2 Å². The zero-order valence-electron chi connectivity index (χ0n) is 13.9. The summed E-state index contributed by atoms with van der Waals surface area (Å²) in [5.41, 5.74) is 0.748. The summed E-state index contributed by atoms with van der Waals surface area (Å²) >= 11 is 0. The highest BCUT2D eigenvalue weighted by Gasteiger charge is 2.18. The zero-order chi connectivity index (χ0) is 17.4. The first-order valence-electron chi connectivity index (χ1n) is 8.09. The number of carbonyl (C=O) groups excluding carboxylic acids is 1. The lowest BCUT2D eigenvalue weighted by atomic mass is 10.1. The summed E-state index contributed by atoms with van der Waals surface area (Å²) in [6.45, 7) is 1.80. The average molecular weight is 355 g/mol. The first-order valence-corrected chi connectivity index (χ1v) is 9.57. The van der Waals surface area contributed by atoms with Gasteiger partial charge in [-0.05, 0) is 37.1 Å². The molecule has 1 heterocycles. The predicted molar refractivity (Wildman–Crippen MR) is 91.0 cm³/mol. The van der Waals surface area contributed by atoms with Gasteiger partial charge < -0.3 is 15.4 Å². The molecule has 0 bridgehead atoms. The lowest BCUT2D eigenvalue weighted by Crippen LogP contribution is -2.31. The number of hydrogen-bond donors (Lipinski definition) is 3. The van der Waals surface area contributed by atoms with Crippen LogP contribution in [-0.4, -0.2) is 47.2 Å². The fraction of sp³-hybridized carbons (Fsp3) is 0.562. The normalized spacial score (nSPS) is 17.8. The summed E-state index contributed by atoms with van der Waals surface area (Å²) in [4.78, 5) is 12.1. The zero-order valence-corrected chi connectivity index (χ0v) is 14.7. The molecule has 24 heavy (non-hydrogen) atoms. The highest BCUT2D eigenvalue weighted by Crippen LogP contribution is 2.12. The van der Waals surface area contributed by atoms with Crippen molar-refractivity contribution in [2.45, 2.75) is 36.7 Å². The largest absolute Gasteiger partial charge is 0.383 e. The van der Waals surface area contributed by atoms with Gasteiger partial charge in [0, 0.05) is 32.7 Å². The second kappa shape index (κ2) is 9.12. The molecule has 0 radical (unpaired) electrons. The number of benzene rings is 1. The summed E-state index contributed by atoms with van der Waals surface area (Å²) in [5, 5.41) is 6.12. The second-order valence-electron chi connectivity index (χ2n) is 5.81. The minimum Gasteiger partial charge on any atom is -0.383 e. The third-order valence-electron chi connectivity index (χ3n) is 3.89. The van der Waals surface area contributed by atoms with E-state index < -0.39 is 10.0 Å². The van der Waals surface area contributed by atoms with Crippen molar-refractivity contribution < 1.29 is 17.9 Å². The van der Waals surface area contributed by atoms with Gasteiger partial charge in [0.05, 0.1) is 11.5 Å². The van der Waals surface area contributed by atoms with Crippen LogP contribution < -0.4 is 15.4 Å². The molecular formula is C16H25N3O4S. The maximum atomic E-state index is 12.2. The van der Waals surface area contributed by atoms with Crippen LogP contribution in [0, 0.1) is 0 Å². The van der Waals surface area contributed by atoms with Crippen molar-refractivity contribution in [2.24, 2.45) is 0 Å². The standard InChI is InChI=1S/C16H25N3O4S/c1-23-9-8-19-24(21,22)15-6-2-4-13(10-15)12-18-16(20)11-14-5-3-7-17-14/h2,4,6,10,14,17,19H,3,5,7-9,11-12H2,1H3,(H,18,20). The minimum atomic E-state index is -3.56. The van der Waals surface area contributed by atoms with Gasteiger partial charge in [0.15, 0.2) is 0 Å². The van der Waals surface area contributed by atoms with E-state index in [0.29, 0.717) is 19.6 Å². The number of carbonyl (C=O) groups is 1. The van der Waals surface area contributed by atoms with Crippen LogP contribution in [-0.2, 0) is 26.1 Å². The van der Waals surface area contributed by atoms with Gasteiger partial charge in [0.25, 0.3) is 0 Å². The highest BCUT2D eigenvalue weighted by molar-refractivity contribution is 7.89. The summed E-state index contributed by atoms with van der Waals surface area (Å²) in [6.07, 6.45) is 2.58. The Hall–Kier alpha value is -1.48. The lowest BCUT2D eigenvalue weighted by molar-refractivity contribution is -0.121. The fourth-order valence-corrected chi connectivity index (χ4v) is 3.69. The summed E-state index contributed by atoms with van der Waals surface area (Å²) in [7, 11) is -2.05. The molecule has 1 aromatic carbocycles. The summed E-state index contributed by atoms with van der Waals surface area (Å²) in [5.74, 6) is -0.0270. The molecular weight excluding hydrogens is 330 g/mol. The minimum absolute atomic E-state index is 0.0270. The average Bonchev–Trinajstić information content (AvgIpc) is 3.06. The van der Waals surface area contributed by atoms with E-state index in [2.05, 4.69) is 15.4 Å². The van der Waals surface area contributed by atoms with Crippen molar-refractivity contribution in [1.29, 1.82) is 0 Å². The molecule has 1 unspecified atom stereocenters. The van der Waals surface area contributed by atoms with E-state index in [4.69, 9.17) is 4.74 Å². The number of sulfonamides is 1.